The lowest BCUT2D eigenvalue weighted by Gasteiger charge is -2.07. The molecule has 34 heavy (non-hydrogen) atoms. The van der Waals surface area contributed by atoms with Gasteiger partial charge in [0.2, 0.25) is 0 Å². The second-order valence-corrected chi connectivity index (χ2v) is 9.62. The molecule has 0 atom stereocenters. The number of thiophene rings is 1. The van der Waals surface area contributed by atoms with Gasteiger partial charge in [-0.1, -0.05) is 48.0 Å². The van der Waals surface area contributed by atoms with Crippen LogP contribution in [0.3, 0.4) is 0 Å². The number of ether oxygens (including phenoxy) is 1. The summed E-state index contributed by atoms with van der Waals surface area (Å²) < 4.78 is 6.91. The van der Waals surface area contributed by atoms with Crippen molar-refractivity contribution in [3.05, 3.63) is 97.8 Å². The number of thiazole rings is 1. The summed E-state index contributed by atoms with van der Waals surface area (Å²) in [6.07, 6.45) is 1.34. The van der Waals surface area contributed by atoms with Crippen molar-refractivity contribution in [2.45, 2.75) is 20.5 Å². The van der Waals surface area contributed by atoms with Crippen molar-refractivity contribution in [1.29, 1.82) is 0 Å². The van der Waals surface area contributed by atoms with Crippen LogP contribution in [0.15, 0.2) is 71.1 Å². The van der Waals surface area contributed by atoms with Gasteiger partial charge in [-0.2, -0.15) is 0 Å². The standard InChI is InChI=1S/C25H20N4O3S2/c1-15-8-10-18(11-9-15)32-12-20-27-16(2)22(34-20)23(30)28-29-14-26-24-21(25(29)31)19(13-33-24)17-6-4-3-5-7-17/h3-11,13-14H,12H2,1-2H3,(H,28,30). The molecule has 0 fully saturated rings. The summed E-state index contributed by atoms with van der Waals surface area (Å²) in [4.78, 5) is 36.0. The first-order valence-corrected chi connectivity index (χ1v) is 12.2. The Morgan fingerprint density at radius 2 is 1.85 bits per heavy atom. The molecule has 170 valence electrons. The topological polar surface area (TPSA) is 86.1 Å². The average molecular weight is 489 g/mol. The fraction of sp³-hybridized carbons (Fsp3) is 0.120. The van der Waals surface area contributed by atoms with E-state index in [0.717, 1.165) is 27.1 Å². The Labute approximate surface area is 203 Å². The molecular formula is C25H20N4O3S2. The molecule has 0 saturated heterocycles. The van der Waals surface area contributed by atoms with Crippen LogP contribution < -0.4 is 15.7 Å². The van der Waals surface area contributed by atoms with Gasteiger partial charge in [0, 0.05) is 10.9 Å². The number of carbonyl (C=O) groups excluding carboxylic acids is 1. The highest BCUT2D eigenvalue weighted by Crippen LogP contribution is 2.30. The first kappa shape index (κ1) is 22.0. The predicted molar refractivity (Wildman–Crippen MR) is 135 cm³/mol. The minimum Gasteiger partial charge on any atom is -0.486 e. The number of fused-ring (bicyclic) bond motifs is 1. The molecule has 1 N–H and O–H groups in total. The van der Waals surface area contributed by atoms with E-state index in [9.17, 15) is 9.59 Å². The van der Waals surface area contributed by atoms with E-state index in [1.54, 1.807) is 6.92 Å². The highest BCUT2D eigenvalue weighted by Gasteiger charge is 2.18. The number of hydrogen-bond acceptors (Lipinski definition) is 7. The van der Waals surface area contributed by atoms with E-state index in [-0.39, 0.29) is 12.2 Å². The van der Waals surface area contributed by atoms with E-state index in [1.165, 1.54) is 29.0 Å². The maximum atomic E-state index is 13.2. The van der Waals surface area contributed by atoms with Gasteiger partial charge < -0.3 is 4.74 Å². The number of hydrogen-bond donors (Lipinski definition) is 1. The van der Waals surface area contributed by atoms with Crippen LogP contribution in [0.25, 0.3) is 21.3 Å². The number of nitrogens with one attached hydrogen (secondary N) is 1. The minimum atomic E-state index is -0.420. The maximum absolute atomic E-state index is 13.2. The molecule has 0 aliphatic carbocycles. The Kier molecular flexibility index (Phi) is 5.95. The average Bonchev–Trinajstić information content (AvgIpc) is 3.45. The van der Waals surface area contributed by atoms with Gasteiger partial charge in [-0.05, 0) is 31.5 Å². The molecule has 9 heteroatoms. The minimum absolute atomic E-state index is 0.255. The molecule has 7 nitrogen and oxygen atoms in total. The van der Waals surface area contributed by atoms with Crippen LogP contribution >= 0.6 is 22.7 Å². The molecule has 0 aliphatic heterocycles. The maximum Gasteiger partial charge on any atom is 0.282 e. The molecule has 5 rings (SSSR count). The van der Waals surface area contributed by atoms with Gasteiger partial charge in [0.05, 0.1) is 11.1 Å². The van der Waals surface area contributed by atoms with E-state index < -0.39 is 5.91 Å². The summed E-state index contributed by atoms with van der Waals surface area (Å²) in [7, 11) is 0. The molecule has 2 aromatic carbocycles. The molecule has 1 amide bonds. The molecule has 0 spiro atoms. The predicted octanol–water partition coefficient (Wildman–Crippen LogP) is 5.16. The largest absolute Gasteiger partial charge is 0.486 e. The SMILES string of the molecule is Cc1ccc(OCc2nc(C)c(C(=O)Nn3cnc4scc(-c5ccccc5)c4c3=O)s2)cc1. The lowest BCUT2D eigenvalue weighted by Crippen LogP contribution is -2.33. The molecule has 0 radical (unpaired) electrons. The molecule has 3 heterocycles. The van der Waals surface area contributed by atoms with E-state index >= 15 is 0 Å². The van der Waals surface area contributed by atoms with Crippen molar-refractivity contribution in [2.75, 3.05) is 5.43 Å². The third kappa shape index (κ3) is 4.35. The number of carbonyl (C=O) groups is 1. The lowest BCUT2D eigenvalue weighted by atomic mass is 10.1. The number of aryl methyl sites for hydroxylation is 2. The van der Waals surface area contributed by atoms with Crippen LogP contribution in [0.5, 0.6) is 5.75 Å². The molecule has 5 aromatic rings. The van der Waals surface area contributed by atoms with Gasteiger partial charge in [0.1, 0.15) is 33.4 Å². The van der Waals surface area contributed by atoms with Gasteiger partial charge in [0.15, 0.2) is 0 Å². The summed E-state index contributed by atoms with van der Waals surface area (Å²) in [6.45, 7) is 4.03. The van der Waals surface area contributed by atoms with Crippen molar-refractivity contribution in [1.82, 2.24) is 14.6 Å². The number of aromatic nitrogens is 3. The summed E-state index contributed by atoms with van der Waals surface area (Å²) in [5, 5.41) is 3.06. The van der Waals surface area contributed by atoms with E-state index in [4.69, 9.17) is 4.74 Å². The first-order chi connectivity index (χ1) is 16.5. The van der Waals surface area contributed by atoms with Crippen molar-refractivity contribution in [3.63, 3.8) is 0 Å². The van der Waals surface area contributed by atoms with E-state index in [2.05, 4.69) is 15.4 Å². The third-order valence-electron chi connectivity index (χ3n) is 5.23. The Morgan fingerprint density at radius 1 is 1.09 bits per heavy atom. The highest BCUT2D eigenvalue weighted by molar-refractivity contribution is 7.17. The fourth-order valence-electron chi connectivity index (χ4n) is 3.51. The fourth-order valence-corrected chi connectivity index (χ4v) is 5.28. The molecular weight excluding hydrogens is 468 g/mol. The van der Waals surface area contributed by atoms with Crippen LogP contribution in [0.1, 0.15) is 25.9 Å². The number of amides is 1. The Morgan fingerprint density at radius 3 is 2.62 bits per heavy atom. The molecule has 0 unspecified atom stereocenters. The van der Waals surface area contributed by atoms with Crippen LogP contribution in [0.2, 0.25) is 0 Å². The monoisotopic (exact) mass is 488 g/mol. The summed E-state index contributed by atoms with van der Waals surface area (Å²) in [5.41, 5.74) is 5.78. The smallest absolute Gasteiger partial charge is 0.282 e. The van der Waals surface area contributed by atoms with Gasteiger partial charge in [-0.3, -0.25) is 15.0 Å². The second-order valence-electron chi connectivity index (χ2n) is 7.68. The zero-order chi connectivity index (χ0) is 23.7. The van der Waals surface area contributed by atoms with E-state index in [1.807, 2.05) is 66.9 Å². The van der Waals surface area contributed by atoms with E-state index in [0.29, 0.717) is 25.8 Å². The number of benzene rings is 2. The van der Waals surface area contributed by atoms with Gasteiger partial charge in [0.25, 0.3) is 11.5 Å². The van der Waals surface area contributed by atoms with Crippen LogP contribution in [0, 0.1) is 13.8 Å². The molecule has 0 bridgehead atoms. The van der Waals surface area contributed by atoms with Crippen molar-refractivity contribution >= 4 is 38.8 Å². The van der Waals surface area contributed by atoms with Crippen molar-refractivity contribution < 1.29 is 9.53 Å². The first-order valence-electron chi connectivity index (χ1n) is 10.5. The van der Waals surface area contributed by atoms with Gasteiger partial charge in [-0.15, -0.1) is 22.7 Å². The normalized spacial score (nSPS) is 11.0. The highest BCUT2D eigenvalue weighted by atomic mass is 32.1. The quantitative estimate of drug-likeness (QED) is 0.357. The Bertz CT molecular complexity index is 1540. The third-order valence-corrected chi connectivity index (χ3v) is 7.25. The zero-order valence-electron chi connectivity index (χ0n) is 18.4. The van der Waals surface area contributed by atoms with Crippen LogP contribution in [-0.4, -0.2) is 20.6 Å². The zero-order valence-corrected chi connectivity index (χ0v) is 20.1. The molecule has 0 aliphatic rings. The lowest BCUT2D eigenvalue weighted by molar-refractivity contribution is 0.101. The number of rotatable bonds is 6. The van der Waals surface area contributed by atoms with Crippen molar-refractivity contribution in [2.24, 2.45) is 0 Å². The Balaban J connectivity index is 1.37. The van der Waals surface area contributed by atoms with Gasteiger partial charge >= 0.3 is 0 Å². The van der Waals surface area contributed by atoms with Crippen molar-refractivity contribution in [3.8, 4) is 16.9 Å². The van der Waals surface area contributed by atoms with Gasteiger partial charge in [-0.25, -0.2) is 14.6 Å². The van der Waals surface area contributed by atoms with Crippen LogP contribution in [0.4, 0.5) is 0 Å². The number of nitrogens with zero attached hydrogens (tertiary/aromatic N) is 3. The Hall–Kier alpha value is -3.82. The molecule has 0 saturated carbocycles. The second kappa shape index (κ2) is 9.20. The molecule has 3 aromatic heterocycles. The summed E-state index contributed by atoms with van der Waals surface area (Å²) in [5.74, 6) is 0.316. The summed E-state index contributed by atoms with van der Waals surface area (Å²) in [6, 6.07) is 17.4. The summed E-state index contributed by atoms with van der Waals surface area (Å²) >= 11 is 2.64. The van der Waals surface area contributed by atoms with Crippen LogP contribution in [-0.2, 0) is 6.61 Å².